The van der Waals surface area contributed by atoms with Crippen LogP contribution in [-0.2, 0) is 70.4 Å². The first-order valence-corrected chi connectivity index (χ1v) is 31.1. The number of ether oxygens (including phenoxy) is 1. The molecule has 0 aliphatic rings. The van der Waals surface area contributed by atoms with E-state index in [2.05, 4.69) is 52.8 Å². The number of H-pyrrole nitrogens is 1. The fourth-order valence-corrected chi connectivity index (χ4v) is 10.2. The van der Waals surface area contributed by atoms with E-state index in [1.165, 1.54) is 44.9 Å². The second-order valence-corrected chi connectivity index (χ2v) is 23.1. The Morgan fingerprint density at radius 3 is 1.89 bits per heavy atom. The van der Waals surface area contributed by atoms with Crippen LogP contribution in [0, 0.1) is 26.1 Å². The highest BCUT2D eigenvalue weighted by molar-refractivity contribution is 7.98. The van der Waals surface area contributed by atoms with Gasteiger partial charge in [-0.2, -0.15) is 11.8 Å². The molecule has 7 atom stereocenters. The molecule has 0 aliphatic heterocycles. The molecule has 5 rings (SSSR count). The number of carboxylic acids is 2. The number of nitro groups is 2. The molecule has 36 heteroatoms. The molecule has 10 amide bonds. The Balaban J connectivity index is 1.26. The maximum atomic E-state index is 14.1. The quantitative estimate of drug-likeness (QED) is 0.0104. The number of hydrogen-bond donors (Lipinski definition) is 14. The number of methoxy groups -OCH3 is 1. The van der Waals surface area contributed by atoms with E-state index in [9.17, 15) is 92.8 Å². The lowest BCUT2D eigenvalue weighted by molar-refractivity contribution is -0.393. The molecule has 0 radical (unpaired) electrons. The minimum Gasteiger partial charge on any atom is -0.497 e. The lowest BCUT2D eigenvalue weighted by Crippen LogP contribution is -2.60. The third-order valence-electron chi connectivity index (χ3n) is 14.7. The summed E-state index contributed by atoms with van der Waals surface area (Å²) in [7, 11) is 1.40. The zero-order valence-electron chi connectivity index (χ0n) is 52.3. The SMILES string of the molecule is COc1ccc2c(CC(=O)NC(C(=O)NC(CC(=O)O)C(=O)NC(CCC(N)=O)C(=O)NC(CCSC)C(=O)NC(CC(=O)O)C(=O)NCC(=O)NC(Cc3c[nH]c4ccccc34)C(=O)NC(CCCCNc3ccc([N+](=O)[O-])cc3[N+](=O)[O-])C(N)=O)C(C)C)cc(=O)oc2c1. The van der Waals surface area contributed by atoms with Gasteiger partial charge >= 0.3 is 17.6 Å². The van der Waals surface area contributed by atoms with E-state index < -0.39 is 185 Å². The van der Waals surface area contributed by atoms with Crippen LogP contribution in [0.15, 0.2) is 82.1 Å². The third kappa shape index (κ3) is 23.1. The first-order valence-electron chi connectivity index (χ1n) is 29.7. The molecule has 0 fully saturated rings. The summed E-state index contributed by atoms with van der Waals surface area (Å²) >= 11 is 1.19. The summed E-state index contributed by atoms with van der Waals surface area (Å²) in [4.78, 5) is 197. The number of nitrogens with zero attached hydrogens (tertiary/aromatic N) is 2. The summed E-state index contributed by atoms with van der Waals surface area (Å²) in [6.45, 7) is 2.22. The first-order chi connectivity index (χ1) is 45.5. The number of nitrogens with two attached hydrogens (primary N) is 2. The lowest BCUT2D eigenvalue weighted by atomic mass is 10.0. The van der Waals surface area contributed by atoms with E-state index >= 15 is 0 Å². The molecule has 0 bridgehead atoms. The molecule has 0 saturated heterocycles. The zero-order chi connectivity index (χ0) is 70.9. The number of nitro benzene ring substituents is 2. The van der Waals surface area contributed by atoms with Crippen molar-refractivity contribution in [3.63, 3.8) is 0 Å². The number of thioether (sulfide) groups is 1. The molecular formula is C60H74N14O21S. The molecular weight excluding hydrogens is 1280 g/mol. The summed E-state index contributed by atoms with van der Waals surface area (Å²) in [5, 5.41) is 65.2. The van der Waals surface area contributed by atoms with Gasteiger partial charge in [0, 0.05) is 60.1 Å². The van der Waals surface area contributed by atoms with E-state index in [-0.39, 0.29) is 61.2 Å². The molecule has 0 aliphatic carbocycles. The number of nitrogens with one attached hydrogen (secondary N) is 10. The van der Waals surface area contributed by atoms with Crippen LogP contribution in [0.3, 0.4) is 0 Å². The number of unbranched alkanes of at least 4 members (excludes halogenated alkanes) is 1. The maximum Gasteiger partial charge on any atom is 0.336 e. The number of carbonyl (C=O) groups is 12. The smallest absolute Gasteiger partial charge is 0.336 e. The normalized spacial score (nSPS) is 13.2. The van der Waals surface area contributed by atoms with Crippen molar-refractivity contribution in [3.8, 4) is 5.75 Å². The zero-order valence-corrected chi connectivity index (χ0v) is 53.2. The Kier molecular flexibility index (Phi) is 28.6. The number of carboxylic acid groups (broad SMARTS) is 2. The number of benzene rings is 3. The maximum absolute atomic E-state index is 14.1. The van der Waals surface area contributed by atoms with Gasteiger partial charge < -0.3 is 83.7 Å². The number of primary amides is 2. The molecule has 3 aromatic carbocycles. The van der Waals surface area contributed by atoms with Gasteiger partial charge in [0.15, 0.2) is 0 Å². The molecule has 16 N–H and O–H groups in total. The largest absolute Gasteiger partial charge is 0.497 e. The van der Waals surface area contributed by atoms with Gasteiger partial charge in [0.05, 0.1) is 48.8 Å². The standard InChI is InChI=1S/C60H74N14O21S/c1-30(2)53(72-48(76)22-31-23-52(82)95-46-25-34(94-3)13-14-36(31)46)60(89)71-44(27-51(80)81)59(88)68-40(16-17-47(61)75)56(85)69-41(18-20-96-4)57(86)70-43(26-50(78)79)55(84)65-29-49(77)66-42(21-32-28-64-37-10-6-5-9-35(32)37)58(87)67-39(54(62)83)11-7-8-19-63-38-15-12-33(73(90)91)24-45(38)74(92)93/h5-6,9-10,12-15,23-25,28,30,39-44,53,63-64H,7-8,11,16-22,26-27,29H2,1-4H3,(H2,61,75)(H2,62,83)(H,65,84)(H,66,77)(H,67,87)(H,68,88)(H,69,85)(H,70,86)(H,71,89)(H,72,76)(H,78,79)(H,80,81). The van der Waals surface area contributed by atoms with Gasteiger partial charge in [-0.15, -0.1) is 0 Å². The van der Waals surface area contributed by atoms with Gasteiger partial charge in [-0.25, -0.2) is 4.79 Å². The number of hydrogen-bond acceptors (Lipinski definition) is 21. The Bertz CT molecular complexity index is 3800. The number of anilines is 1. The fraction of sp³-hybridized carbons (Fsp3) is 0.417. The first kappa shape index (κ1) is 75.5. The van der Waals surface area contributed by atoms with Gasteiger partial charge in [-0.3, -0.25) is 77.8 Å². The molecule has 2 aromatic heterocycles. The van der Waals surface area contributed by atoms with Crippen LogP contribution in [0.1, 0.15) is 76.3 Å². The average Bonchev–Trinajstić information content (AvgIpc) is 1.43. The molecule has 5 aromatic rings. The number of rotatable bonds is 40. The molecule has 0 spiro atoms. The molecule has 96 heavy (non-hydrogen) atoms. The summed E-state index contributed by atoms with van der Waals surface area (Å²) in [5.74, 6) is -14.0. The van der Waals surface area contributed by atoms with Crippen LogP contribution in [0.2, 0.25) is 0 Å². The van der Waals surface area contributed by atoms with Crippen LogP contribution in [-0.4, -0.2) is 171 Å². The van der Waals surface area contributed by atoms with Crippen molar-refractivity contribution in [1.29, 1.82) is 0 Å². The number of aliphatic carboxylic acids is 2. The number of aromatic amines is 1. The highest BCUT2D eigenvalue weighted by Crippen LogP contribution is 2.29. The van der Waals surface area contributed by atoms with Gasteiger partial charge in [-0.05, 0) is 85.4 Å². The van der Waals surface area contributed by atoms with Crippen LogP contribution in [0.25, 0.3) is 21.9 Å². The minimum atomic E-state index is -1.95. The van der Waals surface area contributed by atoms with E-state index in [1.807, 2.05) is 0 Å². The van der Waals surface area contributed by atoms with Crippen molar-refractivity contribution in [3.05, 3.63) is 115 Å². The van der Waals surface area contributed by atoms with E-state index in [1.54, 1.807) is 48.9 Å². The second-order valence-electron chi connectivity index (χ2n) is 22.1. The number of non-ortho nitro benzene ring substituents is 1. The number of aromatic nitrogens is 1. The van der Waals surface area contributed by atoms with Crippen molar-refractivity contribution >= 4 is 122 Å². The fourth-order valence-electron chi connectivity index (χ4n) is 9.78. The topological polar surface area (TPSA) is 547 Å². The molecule has 7 unspecified atom stereocenters. The number of amides is 10. The summed E-state index contributed by atoms with van der Waals surface area (Å²) < 4.78 is 10.4. The Morgan fingerprint density at radius 2 is 1.27 bits per heavy atom. The van der Waals surface area contributed by atoms with Gasteiger partial charge in [0.2, 0.25) is 59.1 Å². The van der Waals surface area contributed by atoms with Crippen LogP contribution < -0.4 is 69.7 Å². The third-order valence-corrected chi connectivity index (χ3v) is 15.3. The van der Waals surface area contributed by atoms with Crippen molar-refractivity contribution in [1.82, 2.24) is 47.5 Å². The van der Waals surface area contributed by atoms with Crippen molar-refractivity contribution in [2.45, 2.75) is 120 Å². The highest BCUT2D eigenvalue weighted by atomic mass is 32.2. The van der Waals surface area contributed by atoms with Gasteiger partial charge in [0.1, 0.15) is 59.3 Å². The molecule has 0 saturated carbocycles. The van der Waals surface area contributed by atoms with Crippen LogP contribution >= 0.6 is 11.8 Å². The number of carbonyl (C=O) groups excluding carboxylic acids is 10. The monoisotopic (exact) mass is 1360 g/mol. The molecule has 35 nitrogen and oxygen atoms in total. The van der Waals surface area contributed by atoms with Crippen molar-refractivity contribution in [2.24, 2.45) is 17.4 Å². The van der Waals surface area contributed by atoms with Crippen LogP contribution in [0.4, 0.5) is 17.1 Å². The lowest BCUT2D eigenvalue weighted by Gasteiger charge is -2.27. The molecule has 2 heterocycles. The predicted molar refractivity (Wildman–Crippen MR) is 343 cm³/mol. The Hall–Kier alpha value is -11.2. The predicted octanol–water partition coefficient (Wildman–Crippen LogP) is -0.214. The Labute approximate surface area is 549 Å². The minimum absolute atomic E-state index is 0.00590. The summed E-state index contributed by atoms with van der Waals surface area (Å²) in [5.41, 5.74) is 10.7. The van der Waals surface area contributed by atoms with E-state index in [4.69, 9.17) is 20.6 Å². The van der Waals surface area contributed by atoms with Crippen molar-refractivity contribution in [2.75, 3.05) is 37.5 Å². The number of fused-ring (bicyclic) bond motifs is 2. The van der Waals surface area contributed by atoms with E-state index in [0.29, 0.717) is 27.6 Å². The van der Waals surface area contributed by atoms with E-state index in [0.717, 1.165) is 18.2 Å². The van der Waals surface area contributed by atoms with Crippen molar-refractivity contribution < 1.29 is 86.7 Å². The Morgan fingerprint density at radius 1 is 0.656 bits per heavy atom. The molecule has 516 valence electrons. The van der Waals surface area contributed by atoms with Crippen LogP contribution in [0.5, 0.6) is 5.75 Å². The average molecular weight is 1360 g/mol. The highest BCUT2D eigenvalue weighted by Gasteiger charge is 2.36. The van der Waals surface area contributed by atoms with Gasteiger partial charge in [-0.1, -0.05) is 32.0 Å². The summed E-state index contributed by atoms with van der Waals surface area (Å²) in [6.07, 6.45) is -0.569. The van der Waals surface area contributed by atoms with Gasteiger partial charge in [0.25, 0.3) is 11.4 Å². The summed E-state index contributed by atoms with van der Waals surface area (Å²) in [6, 6.07) is 4.11. The second kappa shape index (κ2) is 36.3. The number of para-hydroxylation sites is 1.